The van der Waals surface area contributed by atoms with Crippen LogP contribution in [-0.2, 0) is 37.4 Å². The number of hydrogen-bond acceptors (Lipinski definition) is 14. The first-order valence-electron chi connectivity index (χ1n) is 36.3. The van der Waals surface area contributed by atoms with Crippen molar-refractivity contribution in [1.29, 1.82) is 0 Å². The predicted octanol–water partition coefficient (Wildman–Crippen LogP) is 13.9. The first-order valence-corrected chi connectivity index (χ1v) is 40.6. The number of likely N-dealkylation sites (tertiary alicyclic amines) is 2. The van der Waals surface area contributed by atoms with Gasteiger partial charge in [0.15, 0.2) is 11.7 Å². The number of aliphatic imine (C=N–C) groups is 1. The number of halogens is 3. The van der Waals surface area contributed by atoms with Crippen LogP contribution >= 0.6 is 46.3 Å². The highest BCUT2D eigenvalue weighted by molar-refractivity contribution is 7.98. The van der Waals surface area contributed by atoms with E-state index < -0.39 is 26.8 Å². The van der Waals surface area contributed by atoms with Gasteiger partial charge in [-0.2, -0.15) is 25.2 Å². The molecule has 0 radical (unpaired) electrons. The summed E-state index contributed by atoms with van der Waals surface area (Å²) in [5, 5.41) is 30.6. The van der Waals surface area contributed by atoms with Gasteiger partial charge in [-0.05, 0) is 139 Å². The number of likely N-dealkylation sites (N-methyl/N-ethyl adjacent to an activating group) is 1. The lowest BCUT2D eigenvalue weighted by Gasteiger charge is -2.41. The largest absolute Gasteiger partial charge is 0.386 e. The van der Waals surface area contributed by atoms with E-state index in [4.69, 9.17) is 45.5 Å². The molecule has 0 aliphatic carbocycles. The summed E-state index contributed by atoms with van der Waals surface area (Å²) in [4.78, 5) is 45.5. The molecule has 0 saturated carbocycles. The molecule has 9 aromatic rings. The van der Waals surface area contributed by atoms with Crippen molar-refractivity contribution in [1.82, 2.24) is 29.5 Å². The number of aromatic nitrogens is 1. The van der Waals surface area contributed by atoms with E-state index in [2.05, 4.69) is 161 Å². The third-order valence-electron chi connectivity index (χ3n) is 19.5. The fraction of sp³-hybridized carbons (Fsp3) is 0.321. The lowest BCUT2D eigenvalue weighted by atomic mass is 9.70. The van der Waals surface area contributed by atoms with Gasteiger partial charge in [0, 0.05) is 118 Å². The summed E-state index contributed by atoms with van der Waals surface area (Å²) < 4.78 is 37.4. The van der Waals surface area contributed by atoms with Crippen LogP contribution in [0.25, 0.3) is 6.08 Å². The first kappa shape index (κ1) is 83.6. The molecule has 108 heavy (non-hydrogen) atoms. The molecule has 18 nitrogen and oxygen atoms in total. The third kappa shape index (κ3) is 25.6. The van der Waals surface area contributed by atoms with E-state index in [9.17, 15) is 32.6 Å². The number of carbonyl (C=O) groups is 2. The number of nitrogens with two attached hydrogens (primary N) is 4. The van der Waals surface area contributed by atoms with E-state index in [0.717, 1.165) is 106 Å². The van der Waals surface area contributed by atoms with Gasteiger partial charge >= 0.3 is 10.2 Å². The van der Waals surface area contributed by atoms with Crippen LogP contribution in [0.2, 0.25) is 10.0 Å². The molecule has 1 aromatic heterocycles. The Hall–Kier alpha value is -8.46. The van der Waals surface area contributed by atoms with E-state index in [1.165, 1.54) is 64.1 Å². The van der Waals surface area contributed by atoms with Gasteiger partial charge in [-0.25, -0.2) is 14.5 Å². The zero-order chi connectivity index (χ0) is 76.9. The summed E-state index contributed by atoms with van der Waals surface area (Å²) in [7, 11) is -0.257. The number of guanidine groups is 1. The van der Waals surface area contributed by atoms with Crippen LogP contribution in [0.1, 0.15) is 112 Å². The maximum Gasteiger partial charge on any atom is 0.318 e. The van der Waals surface area contributed by atoms with Crippen molar-refractivity contribution in [2.45, 2.75) is 79.8 Å². The Bertz CT molecular complexity index is 4340. The van der Waals surface area contributed by atoms with E-state index in [1.807, 2.05) is 104 Å². The van der Waals surface area contributed by atoms with E-state index in [1.54, 1.807) is 4.90 Å². The SMILES string of the molecule is C(=C\c1ccccc1)/CN1CCN(C(c2ccccc2)c2ccccc2)CC1.CN(C)C(=O)C(CCN1CCC(O)(c2ccc(Cl)cc2)CC1)(c1ccccc1)c1ccccc1.NC(N)=Nc1nc(CSCCC(N)=NS(N)(=O)=O)cs1.O=C(CCCN1CCC(O)(c2ccc(Cl)cc2)CC1)c1ccc(F)cc1. The Balaban J connectivity index is 0.000000169. The lowest BCUT2D eigenvalue weighted by molar-refractivity contribution is -0.133. The quantitative estimate of drug-likeness (QED) is 0.0127. The Morgan fingerprint density at radius 3 is 1.58 bits per heavy atom. The number of rotatable bonds is 26. The maximum atomic E-state index is 13.8. The molecule has 0 spiro atoms. The van der Waals surface area contributed by atoms with Gasteiger partial charge in [0.2, 0.25) is 11.0 Å². The smallest absolute Gasteiger partial charge is 0.318 e. The minimum Gasteiger partial charge on any atom is -0.386 e. The molecule has 12 rings (SSSR count). The number of piperidine rings is 2. The number of thiazole rings is 1. The number of nitrogens with zero attached hydrogens (tertiary/aromatic N) is 8. The molecule has 1 amide bonds. The number of amides is 1. The minimum atomic E-state index is -3.92. The number of amidine groups is 1. The number of hydrogen-bond donors (Lipinski definition) is 6. The first-order chi connectivity index (χ1) is 52.0. The van der Waals surface area contributed by atoms with Crippen LogP contribution < -0.4 is 22.3 Å². The summed E-state index contributed by atoms with van der Waals surface area (Å²) >= 11 is 14.8. The average Bonchev–Trinajstić information content (AvgIpc) is 0.775. The van der Waals surface area contributed by atoms with Gasteiger partial charge in [0.25, 0.3) is 0 Å². The summed E-state index contributed by atoms with van der Waals surface area (Å²) in [5.41, 5.74) is 22.8. The van der Waals surface area contributed by atoms with Crippen LogP contribution in [0.15, 0.2) is 245 Å². The summed E-state index contributed by atoms with van der Waals surface area (Å²) in [6.45, 7) is 10.1. The van der Waals surface area contributed by atoms with Crippen molar-refractivity contribution >= 4 is 91.2 Å². The maximum absolute atomic E-state index is 13.8. The van der Waals surface area contributed by atoms with Gasteiger partial charge < -0.3 is 42.1 Å². The standard InChI is InChI=1S/C29H33ClN2O2.C26H28N2.C21H23ClFNO2.C8H15N7O2S3/c1-31(2)27(33)29(24-9-5-3-6-10-24,25-11-7-4-8-12-25)19-22-32-20-17-28(34,18-21-32)23-13-15-26(30)16-14-23;1-4-11-23(12-5-1)13-10-18-27-19-21-28(22-20-27)26(24-14-6-2-7-15-24)25-16-8-3-9-17-25;22-18-7-5-17(6-8-18)21(26)11-14-24(15-12-21)13-1-2-20(25)16-3-9-19(23)10-4-16;9-6(15-20(12,16)17)1-2-18-3-5-4-19-8(13-5)14-7(10)11/h3-16,34H,17-22H2,1-2H3;1-17,26H,18-22H2;3-10,26H,1-2,11-15H2;4H,1-3H2,(H2,9,15)(H2,12,16,17)(H4,10,11,13,14)/b;13-10+;;. The van der Waals surface area contributed by atoms with Crippen LogP contribution in [-0.4, -0.2) is 163 Å². The van der Waals surface area contributed by atoms with Gasteiger partial charge in [0.1, 0.15) is 17.1 Å². The van der Waals surface area contributed by atoms with E-state index >= 15 is 0 Å². The van der Waals surface area contributed by atoms with Crippen molar-refractivity contribution in [3.05, 3.63) is 302 Å². The third-order valence-corrected chi connectivity index (χ3v) is 22.3. The molecule has 0 atom stereocenters. The van der Waals surface area contributed by atoms with Crippen LogP contribution in [0.4, 0.5) is 9.52 Å². The Morgan fingerprint density at radius 2 is 1.11 bits per heavy atom. The minimum absolute atomic E-state index is 0.0144. The van der Waals surface area contributed by atoms with Crippen LogP contribution in [0.3, 0.4) is 0 Å². The highest BCUT2D eigenvalue weighted by Gasteiger charge is 2.44. The molecule has 0 unspecified atom stereocenters. The van der Waals surface area contributed by atoms with Gasteiger partial charge in [-0.1, -0.05) is 211 Å². The lowest BCUT2D eigenvalue weighted by Crippen LogP contribution is -2.48. The Labute approximate surface area is 654 Å². The topological polar surface area (TPSA) is 267 Å². The van der Waals surface area contributed by atoms with Crippen LogP contribution in [0.5, 0.6) is 0 Å². The van der Waals surface area contributed by atoms with Crippen molar-refractivity contribution in [3.63, 3.8) is 0 Å². The van der Waals surface area contributed by atoms with Crippen molar-refractivity contribution in [2.24, 2.45) is 31.7 Å². The highest BCUT2D eigenvalue weighted by atomic mass is 35.5. The van der Waals surface area contributed by atoms with Crippen LogP contribution in [0, 0.1) is 5.82 Å². The number of piperazine rings is 1. The number of carbonyl (C=O) groups excluding carboxylic acids is 2. The van der Waals surface area contributed by atoms with Gasteiger partial charge in [-0.3, -0.25) is 19.4 Å². The summed E-state index contributed by atoms with van der Waals surface area (Å²) in [6.07, 6.45) is 9.35. The molecule has 10 N–H and O–H groups in total. The molecule has 4 heterocycles. The Morgan fingerprint density at radius 1 is 0.639 bits per heavy atom. The second-order valence-corrected chi connectivity index (χ2v) is 31.3. The van der Waals surface area contributed by atoms with Crippen molar-refractivity contribution in [3.8, 4) is 0 Å². The van der Waals surface area contributed by atoms with E-state index in [0.29, 0.717) is 83.2 Å². The van der Waals surface area contributed by atoms with Gasteiger partial charge in [-0.15, -0.1) is 15.7 Å². The number of thioether (sulfide) groups is 1. The molecule has 8 aromatic carbocycles. The Kier molecular flexibility index (Phi) is 32.0. The summed E-state index contributed by atoms with van der Waals surface area (Å²) in [5.74, 6) is 0.978. The number of benzene rings is 8. The summed E-state index contributed by atoms with van der Waals surface area (Å²) in [6, 6.07) is 73.5. The molecular weight excluding hydrogens is 1460 g/mol. The molecule has 570 valence electrons. The second kappa shape index (κ2) is 41.4. The predicted molar refractivity (Wildman–Crippen MR) is 440 cm³/mol. The number of Topliss-reactive ketones (excluding diaryl/α,β-unsaturated/α-hetero) is 1. The highest BCUT2D eigenvalue weighted by Crippen LogP contribution is 2.40. The molecule has 3 aliphatic heterocycles. The molecule has 3 saturated heterocycles. The fourth-order valence-corrected chi connectivity index (χ4v) is 16.0. The van der Waals surface area contributed by atoms with E-state index in [-0.39, 0.29) is 29.3 Å². The number of ketones is 1. The monoisotopic (exact) mass is 1560 g/mol. The average molecular weight is 1560 g/mol. The molecule has 24 heteroatoms. The van der Waals surface area contributed by atoms with Crippen molar-refractivity contribution in [2.75, 3.05) is 91.8 Å². The molecular formula is C84H99Cl2FN12O6S3. The molecule has 3 fully saturated rings. The molecule has 3 aliphatic rings. The fourth-order valence-electron chi connectivity index (χ4n) is 13.7. The second-order valence-electron chi connectivity index (χ2n) is 27.3. The van der Waals surface area contributed by atoms with Gasteiger partial charge in [0.05, 0.1) is 22.9 Å². The molecule has 0 bridgehead atoms. The zero-order valence-electron chi connectivity index (χ0n) is 61.3. The van der Waals surface area contributed by atoms with Crippen molar-refractivity contribution < 1.29 is 32.6 Å². The number of aliphatic hydroxyl groups is 2. The normalized spacial score (nSPS) is 15.7. The zero-order valence-corrected chi connectivity index (χ0v) is 65.3.